The lowest BCUT2D eigenvalue weighted by molar-refractivity contribution is -0.138. The van der Waals surface area contributed by atoms with Crippen LogP contribution in [0.1, 0.15) is 38.8 Å². The second-order valence-corrected chi connectivity index (χ2v) is 4.73. The fourth-order valence-corrected chi connectivity index (χ4v) is 2.24. The zero-order chi connectivity index (χ0) is 14.1. The number of ether oxygens (including phenoxy) is 2. The van der Waals surface area contributed by atoms with Gasteiger partial charge in [-0.15, -0.1) is 0 Å². The van der Waals surface area contributed by atoms with Crippen molar-refractivity contribution in [2.45, 2.75) is 39.5 Å². The molecule has 0 aliphatic carbocycles. The van der Waals surface area contributed by atoms with Gasteiger partial charge in [-0.3, -0.25) is 0 Å². The van der Waals surface area contributed by atoms with Crippen LogP contribution in [0, 0.1) is 0 Å². The van der Waals surface area contributed by atoms with Crippen LogP contribution in [0.4, 0.5) is 0 Å². The first-order valence-electron chi connectivity index (χ1n) is 6.90. The summed E-state index contributed by atoms with van der Waals surface area (Å²) in [6, 6.07) is 8.12. The molecule has 108 valence electrons. The predicted molar refractivity (Wildman–Crippen MR) is 79.5 cm³/mol. The Kier molecular flexibility index (Phi) is 8.07. The molecule has 0 radical (unpaired) electrons. The van der Waals surface area contributed by atoms with E-state index in [1.54, 1.807) is 0 Å². The van der Waals surface area contributed by atoms with E-state index in [4.69, 9.17) is 21.1 Å². The van der Waals surface area contributed by atoms with Crippen LogP contribution in [0.15, 0.2) is 24.3 Å². The third-order valence-electron chi connectivity index (χ3n) is 2.91. The van der Waals surface area contributed by atoms with Gasteiger partial charge in [0.15, 0.2) is 6.29 Å². The van der Waals surface area contributed by atoms with Crippen LogP contribution in [0.25, 0.3) is 0 Å². The van der Waals surface area contributed by atoms with E-state index < -0.39 is 0 Å². The largest absolute Gasteiger partial charge is 0.353 e. The summed E-state index contributed by atoms with van der Waals surface area (Å²) in [6.45, 7) is 8.24. The summed E-state index contributed by atoms with van der Waals surface area (Å²) in [5, 5.41) is 4.24. The highest BCUT2D eigenvalue weighted by molar-refractivity contribution is 6.31. The van der Waals surface area contributed by atoms with Crippen molar-refractivity contribution < 1.29 is 9.47 Å². The van der Waals surface area contributed by atoms with Crippen molar-refractivity contribution in [1.82, 2.24) is 5.32 Å². The summed E-state index contributed by atoms with van der Waals surface area (Å²) in [7, 11) is 0. The summed E-state index contributed by atoms with van der Waals surface area (Å²) >= 11 is 6.17. The average molecular weight is 286 g/mol. The van der Waals surface area contributed by atoms with Crippen LogP contribution in [0.2, 0.25) is 5.02 Å². The first-order valence-corrected chi connectivity index (χ1v) is 7.27. The highest BCUT2D eigenvalue weighted by Crippen LogP contribution is 2.22. The lowest BCUT2D eigenvalue weighted by atomic mass is 10.1. The molecule has 1 aromatic rings. The van der Waals surface area contributed by atoms with Crippen molar-refractivity contribution in [2.24, 2.45) is 0 Å². The minimum absolute atomic E-state index is 0.124. The SMILES string of the molecule is CCOC(CCN[C@@H](C)c1ccccc1Cl)OCC. The summed E-state index contributed by atoms with van der Waals surface area (Å²) in [6.07, 6.45) is 0.706. The molecule has 0 unspecified atom stereocenters. The van der Waals surface area contributed by atoms with Crippen molar-refractivity contribution in [3.8, 4) is 0 Å². The van der Waals surface area contributed by atoms with Crippen molar-refractivity contribution >= 4 is 11.6 Å². The summed E-state index contributed by atoms with van der Waals surface area (Å²) < 4.78 is 11.0. The zero-order valence-corrected chi connectivity index (χ0v) is 12.7. The van der Waals surface area contributed by atoms with Gasteiger partial charge in [-0.1, -0.05) is 29.8 Å². The normalized spacial score (nSPS) is 12.9. The van der Waals surface area contributed by atoms with E-state index in [1.165, 1.54) is 0 Å². The number of halogens is 1. The van der Waals surface area contributed by atoms with Gasteiger partial charge in [0.2, 0.25) is 0 Å². The molecule has 0 amide bonds. The van der Waals surface area contributed by atoms with Gasteiger partial charge in [-0.05, 0) is 32.4 Å². The van der Waals surface area contributed by atoms with E-state index in [9.17, 15) is 0 Å². The predicted octanol–water partition coefficient (Wildman–Crippen LogP) is 3.78. The molecule has 0 aliphatic heterocycles. The molecule has 0 saturated heterocycles. The molecule has 0 heterocycles. The lowest BCUT2D eigenvalue weighted by Crippen LogP contribution is -2.26. The van der Waals surface area contributed by atoms with Gasteiger partial charge in [0.25, 0.3) is 0 Å². The highest BCUT2D eigenvalue weighted by atomic mass is 35.5. The molecule has 1 N–H and O–H groups in total. The van der Waals surface area contributed by atoms with Gasteiger partial charge < -0.3 is 14.8 Å². The summed E-state index contributed by atoms with van der Waals surface area (Å²) in [5.74, 6) is 0. The first-order chi connectivity index (χ1) is 9.19. The van der Waals surface area contributed by atoms with Crippen molar-refractivity contribution in [2.75, 3.05) is 19.8 Å². The van der Waals surface area contributed by atoms with Crippen LogP contribution in [0.3, 0.4) is 0 Å². The zero-order valence-electron chi connectivity index (χ0n) is 12.0. The van der Waals surface area contributed by atoms with E-state index in [1.807, 2.05) is 38.1 Å². The summed E-state index contributed by atoms with van der Waals surface area (Å²) in [5.41, 5.74) is 1.12. The topological polar surface area (TPSA) is 30.5 Å². The lowest BCUT2D eigenvalue weighted by Gasteiger charge is -2.20. The van der Waals surface area contributed by atoms with Gasteiger partial charge in [0, 0.05) is 37.2 Å². The Balaban J connectivity index is 2.37. The molecule has 3 nitrogen and oxygen atoms in total. The van der Waals surface area contributed by atoms with E-state index in [0.717, 1.165) is 23.6 Å². The number of hydrogen-bond acceptors (Lipinski definition) is 3. The quantitative estimate of drug-likeness (QED) is 0.701. The van der Waals surface area contributed by atoms with Crippen molar-refractivity contribution in [1.29, 1.82) is 0 Å². The van der Waals surface area contributed by atoms with Crippen LogP contribution in [-0.4, -0.2) is 26.0 Å². The number of rotatable bonds is 9. The molecule has 1 aromatic carbocycles. The van der Waals surface area contributed by atoms with Gasteiger partial charge in [-0.2, -0.15) is 0 Å². The van der Waals surface area contributed by atoms with Crippen LogP contribution < -0.4 is 5.32 Å². The van der Waals surface area contributed by atoms with Crippen molar-refractivity contribution in [3.05, 3.63) is 34.9 Å². The Morgan fingerprint density at radius 2 is 1.79 bits per heavy atom. The van der Waals surface area contributed by atoms with Crippen LogP contribution in [0.5, 0.6) is 0 Å². The maximum Gasteiger partial charge on any atom is 0.158 e. The molecule has 0 spiro atoms. The molecular formula is C15H24ClNO2. The number of hydrogen-bond donors (Lipinski definition) is 1. The smallest absolute Gasteiger partial charge is 0.158 e. The Hall–Kier alpha value is -0.610. The average Bonchev–Trinajstić information content (AvgIpc) is 2.39. The van der Waals surface area contributed by atoms with E-state index in [2.05, 4.69) is 12.2 Å². The molecule has 4 heteroatoms. The van der Waals surface area contributed by atoms with Gasteiger partial charge in [-0.25, -0.2) is 0 Å². The van der Waals surface area contributed by atoms with Crippen LogP contribution in [-0.2, 0) is 9.47 Å². The van der Waals surface area contributed by atoms with Crippen molar-refractivity contribution in [3.63, 3.8) is 0 Å². The fraction of sp³-hybridized carbons (Fsp3) is 0.600. The molecule has 0 aromatic heterocycles. The molecular weight excluding hydrogens is 262 g/mol. The maximum absolute atomic E-state index is 6.17. The minimum atomic E-state index is -0.124. The van der Waals surface area contributed by atoms with Gasteiger partial charge in [0.1, 0.15) is 0 Å². The van der Waals surface area contributed by atoms with Gasteiger partial charge in [0.05, 0.1) is 0 Å². The Morgan fingerprint density at radius 3 is 2.37 bits per heavy atom. The highest BCUT2D eigenvalue weighted by Gasteiger charge is 2.11. The molecule has 0 bridgehead atoms. The Labute approximate surface area is 121 Å². The summed E-state index contributed by atoms with van der Waals surface area (Å²) in [4.78, 5) is 0. The third-order valence-corrected chi connectivity index (χ3v) is 3.25. The first kappa shape index (κ1) is 16.4. The minimum Gasteiger partial charge on any atom is -0.353 e. The molecule has 0 saturated carbocycles. The standard InChI is InChI=1S/C15H24ClNO2/c1-4-18-15(19-5-2)10-11-17-12(3)13-8-6-7-9-14(13)16/h6-9,12,15,17H,4-5,10-11H2,1-3H3/t12-/m0/s1. The molecule has 0 fully saturated rings. The number of benzene rings is 1. The molecule has 0 aliphatic rings. The monoisotopic (exact) mass is 285 g/mol. The second kappa shape index (κ2) is 9.32. The van der Waals surface area contributed by atoms with E-state index in [-0.39, 0.29) is 12.3 Å². The third kappa shape index (κ3) is 5.91. The van der Waals surface area contributed by atoms with E-state index in [0.29, 0.717) is 13.2 Å². The molecule has 19 heavy (non-hydrogen) atoms. The molecule has 1 rings (SSSR count). The maximum atomic E-state index is 6.17. The Bertz CT molecular complexity index is 354. The second-order valence-electron chi connectivity index (χ2n) is 4.33. The fourth-order valence-electron chi connectivity index (χ4n) is 1.94. The Morgan fingerprint density at radius 1 is 1.16 bits per heavy atom. The van der Waals surface area contributed by atoms with Gasteiger partial charge >= 0.3 is 0 Å². The van der Waals surface area contributed by atoms with E-state index >= 15 is 0 Å². The van der Waals surface area contributed by atoms with Crippen LogP contribution >= 0.6 is 11.6 Å². The molecule has 1 atom stereocenters. The number of nitrogens with one attached hydrogen (secondary N) is 1.